The van der Waals surface area contributed by atoms with E-state index in [0.29, 0.717) is 20.6 Å². The van der Waals surface area contributed by atoms with Gasteiger partial charge in [0.15, 0.2) is 0 Å². The van der Waals surface area contributed by atoms with E-state index in [1.54, 1.807) is 205 Å². The molecule has 0 nitrogen and oxygen atoms in total. The molecule has 0 atom stereocenters. The third-order valence-electron chi connectivity index (χ3n) is 25.0. The van der Waals surface area contributed by atoms with Crippen molar-refractivity contribution in [1.29, 1.82) is 0 Å². The maximum atomic E-state index is 4.81. The molecule has 0 aromatic carbocycles. The summed E-state index contributed by atoms with van der Waals surface area (Å²) in [6.45, 7) is 49.1. The third-order valence-corrected chi connectivity index (χ3v) is 51.8. The summed E-state index contributed by atoms with van der Waals surface area (Å²) < 4.78 is 0. The van der Waals surface area contributed by atoms with E-state index >= 15 is 0 Å². The minimum atomic E-state index is -0.253. The Morgan fingerprint density at radius 3 is 0.440 bits per heavy atom. The van der Waals surface area contributed by atoms with Gasteiger partial charge in [-0.25, -0.2) is 0 Å². The van der Waals surface area contributed by atoms with Crippen molar-refractivity contribution >= 4 is 105 Å². The molecule has 10 saturated carbocycles. The van der Waals surface area contributed by atoms with Crippen molar-refractivity contribution in [3.05, 3.63) is 0 Å². The van der Waals surface area contributed by atoms with Gasteiger partial charge in [-0.05, 0) is 395 Å². The minimum absolute atomic E-state index is 0. The molecule has 616 valence electrons. The SMILES string of the molecule is C1CCC([PH+](C2CCCCC2)C2CCCC2)CC1.C1CCC([PH+](C2CCCCC2)C2CCCC2)CC1.CC(C)(C)[PH+](C1CCCC1)C(C)(C)C.CC(C)(C)[PH+](C1CCCC1)C(C)(C)C.CC(C)[PH+](C(C)C)C1CCCC1.CC(C)[PH+](C(C)C)C1CCCC1.[Cl][Pd][Cl].[Cl][Pd][Cl].[Cl][Pd][Cl].[Fe].[Fe].[Fe]. The number of halogens is 6. The molecule has 10 rings (SSSR count). The van der Waals surface area contributed by atoms with E-state index in [0.717, 1.165) is 45.3 Å². The standard InChI is InChI=1S/2C17H31P.2C13H27P.2C11H23P.6ClH.3Fe.3Pd/c2*1-3-9-15(10-4-1)18(17-13-7-8-14-17)16-11-5-2-6-12-16;2*1-12(2,3)14(13(4,5)6)11-9-7-8-10-11;2*1-9(2)12(10(3)4)11-7-5-6-8-11;;;;;;;;;;;;/h2*15-17H,1-14H2;2*11H,7-10H2,1-6H3;2*9-11H,5-8H2,1-4H3;6*1H;;;;;;/q;;;;;;;;;;;;;;;3*+2. The van der Waals surface area contributed by atoms with Crippen molar-refractivity contribution < 1.29 is 99.0 Å². The molecule has 0 amide bonds. The number of hydrogen-bond acceptors (Lipinski definition) is 0. The first-order chi connectivity index (χ1) is 45.8. The van der Waals surface area contributed by atoms with Gasteiger partial charge in [0.1, 0.15) is 0 Å². The molecule has 0 radical (unpaired) electrons. The van der Waals surface area contributed by atoms with Crippen molar-refractivity contribution in [2.24, 2.45) is 0 Å². The fourth-order valence-corrected chi connectivity index (χ4v) is 53.5. The van der Waals surface area contributed by atoms with Crippen LogP contribution in [0.5, 0.6) is 0 Å². The topological polar surface area (TPSA) is 0 Å². The Morgan fingerprint density at radius 1 is 0.210 bits per heavy atom. The molecule has 0 aromatic heterocycles. The van der Waals surface area contributed by atoms with Crippen molar-refractivity contribution in [3.8, 4) is 0 Å². The normalized spacial score (nSPS) is 21.8. The van der Waals surface area contributed by atoms with Crippen molar-refractivity contribution in [2.75, 3.05) is 0 Å². The first-order valence-electron chi connectivity index (χ1n) is 41.5. The maximum Gasteiger partial charge on any atom is 0 e. The molecule has 100 heavy (non-hydrogen) atoms. The van der Waals surface area contributed by atoms with Crippen LogP contribution < -0.4 is 0 Å². The Balaban J connectivity index is 0. The van der Waals surface area contributed by atoms with Crippen LogP contribution >= 0.6 is 105 Å². The molecule has 0 bridgehead atoms. The fraction of sp³-hybridized carbons (Fsp3) is 1.00. The zero-order valence-corrected chi connectivity index (χ0v) is 87.0. The molecule has 18 heteroatoms. The third kappa shape index (κ3) is 44.4. The molecular formula is C82H168Cl6Fe3P6Pd3+6. The average molecular weight is 2040 g/mol. The van der Waals surface area contributed by atoms with Gasteiger partial charge in [-0.1, -0.05) is 25.7 Å². The van der Waals surface area contributed by atoms with Crippen LogP contribution in [-0.2, 0) is 99.0 Å². The summed E-state index contributed by atoms with van der Waals surface area (Å²) in [6.07, 6.45) is 68.8. The monoisotopic (exact) mass is 2030 g/mol. The zero-order valence-electron chi connectivity index (χ0n) is 68.5. The summed E-state index contributed by atoms with van der Waals surface area (Å²) in [6, 6.07) is 0. The van der Waals surface area contributed by atoms with Crippen molar-refractivity contribution in [2.45, 2.75) is 521 Å². The van der Waals surface area contributed by atoms with Gasteiger partial charge in [0.05, 0.1) is 99.9 Å². The number of hydrogen-bond donors (Lipinski definition) is 0. The van der Waals surface area contributed by atoms with E-state index in [2.05, 4.69) is 138 Å². The molecule has 0 aromatic rings. The Kier molecular flexibility index (Phi) is 68.3. The maximum absolute atomic E-state index is 4.81. The summed E-state index contributed by atoms with van der Waals surface area (Å²) in [7, 11) is 28.2. The molecule has 10 aliphatic carbocycles. The van der Waals surface area contributed by atoms with Gasteiger partial charge in [-0.2, -0.15) is 0 Å². The second-order valence-electron chi connectivity index (χ2n) is 37.8. The van der Waals surface area contributed by atoms with E-state index in [1.807, 2.05) is 0 Å². The van der Waals surface area contributed by atoms with Crippen LogP contribution in [0.1, 0.15) is 421 Å². The first kappa shape index (κ1) is 110. The summed E-state index contributed by atoms with van der Waals surface area (Å²) in [4.78, 5) is 0. The van der Waals surface area contributed by atoms with Gasteiger partial charge in [-0.15, -0.1) is 0 Å². The Bertz CT molecular complexity index is 1630. The van der Waals surface area contributed by atoms with Gasteiger partial charge in [0.2, 0.25) is 0 Å². The second kappa shape index (κ2) is 62.1. The van der Waals surface area contributed by atoms with E-state index in [9.17, 15) is 0 Å². The predicted molar refractivity (Wildman–Crippen MR) is 466 cm³/mol. The molecule has 10 fully saturated rings. The molecule has 0 unspecified atom stereocenters. The van der Waals surface area contributed by atoms with E-state index < -0.39 is 0 Å². The zero-order chi connectivity index (χ0) is 72.8. The van der Waals surface area contributed by atoms with Crippen LogP contribution in [0.2, 0.25) is 0 Å². The van der Waals surface area contributed by atoms with Crippen LogP contribution in [0.3, 0.4) is 0 Å². The summed E-state index contributed by atoms with van der Waals surface area (Å²) in [5.74, 6) is 0. The van der Waals surface area contributed by atoms with E-state index in [4.69, 9.17) is 57.2 Å². The van der Waals surface area contributed by atoms with Crippen LogP contribution in [-0.4, -0.2) is 99.9 Å². The van der Waals surface area contributed by atoms with Gasteiger partial charge >= 0.3 is 105 Å². The van der Waals surface area contributed by atoms with Crippen molar-refractivity contribution in [3.63, 3.8) is 0 Å². The molecule has 0 N–H and O–H groups in total. The first-order valence-corrected chi connectivity index (χ1v) is 63.6. The minimum Gasteiger partial charge on any atom is 0 e. The molecule has 0 heterocycles. The predicted octanol–water partition coefficient (Wildman–Crippen LogP) is 33.1. The van der Waals surface area contributed by atoms with Crippen LogP contribution in [0.15, 0.2) is 0 Å². The molecule has 0 spiro atoms. The largest absolute Gasteiger partial charge is 0 e. The van der Waals surface area contributed by atoms with Gasteiger partial charge < -0.3 is 0 Å². The summed E-state index contributed by atoms with van der Waals surface area (Å²) in [5.41, 5.74) is 15.8. The summed E-state index contributed by atoms with van der Waals surface area (Å²) in [5, 5.41) is 2.27. The molecule has 0 aliphatic heterocycles. The Morgan fingerprint density at radius 2 is 0.320 bits per heavy atom. The van der Waals surface area contributed by atoms with Gasteiger partial charge in [0, 0.05) is 98.7 Å². The van der Waals surface area contributed by atoms with Gasteiger partial charge in [0.25, 0.3) is 0 Å². The quantitative estimate of drug-likeness (QED) is 0.120. The molecule has 0 saturated heterocycles. The Hall–Kier alpha value is 7.87. The van der Waals surface area contributed by atoms with E-state index in [-0.39, 0.29) is 147 Å². The van der Waals surface area contributed by atoms with Crippen LogP contribution in [0, 0.1) is 0 Å². The van der Waals surface area contributed by atoms with Gasteiger partial charge in [-0.3, -0.25) is 0 Å². The molecular weight excluding hydrogens is 1870 g/mol. The van der Waals surface area contributed by atoms with Crippen LogP contribution in [0.4, 0.5) is 0 Å². The average Bonchev–Trinajstić information content (AvgIpc) is 1.64. The smallest absolute Gasteiger partial charge is 0 e. The van der Waals surface area contributed by atoms with Crippen molar-refractivity contribution in [1.82, 2.24) is 0 Å². The Labute approximate surface area is 716 Å². The van der Waals surface area contributed by atoms with E-state index in [1.165, 1.54) is 111 Å². The second-order valence-corrected chi connectivity index (χ2v) is 69.3. The fourth-order valence-electron chi connectivity index (χ4n) is 23.1. The molecule has 10 aliphatic rings. The van der Waals surface area contributed by atoms with Crippen LogP contribution in [0.25, 0.3) is 0 Å². The number of rotatable bonds is 14. The summed E-state index contributed by atoms with van der Waals surface area (Å²) >= 11 is -0.317.